The first-order chi connectivity index (χ1) is 17.1. The van der Waals surface area contributed by atoms with E-state index in [2.05, 4.69) is 43.7 Å². The van der Waals surface area contributed by atoms with E-state index >= 15 is 0 Å². The van der Waals surface area contributed by atoms with Crippen LogP contribution in [0, 0.1) is 0 Å². The number of nitrogens with one attached hydrogen (secondary N) is 1. The van der Waals surface area contributed by atoms with Gasteiger partial charge in [-0.15, -0.1) is 0 Å². The predicted octanol–water partition coefficient (Wildman–Crippen LogP) is 2.86. The average molecular weight is 525 g/mol. The van der Waals surface area contributed by atoms with Gasteiger partial charge in [0.25, 0.3) is 0 Å². The number of hydrogen-bond acceptors (Lipinski definition) is 4. The lowest BCUT2D eigenvalue weighted by Crippen LogP contribution is -3.00. The van der Waals surface area contributed by atoms with Crippen molar-refractivity contribution in [3.63, 3.8) is 0 Å². The molecule has 7 heteroatoms. The summed E-state index contributed by atoms with van der Waals surface area (Å²) in [4.78, 5) is 12.5. The Morgan fingerprint density at radius 3 is 1.92 bits per heavy atom. The Morgan fingerprint density at radius 2 is 1.41 bits per heavy atom. The zero-order valence-corrected chi connectivity index (χ0v) is 23.0. The highest BCUT2D eigenvalue weighted by molar-refractivity contribution is 5.69. The van der Waals surface area contributed by atoms with Gasteiger partial charge in [-0.2, -0.15) is 0 Å². The molecule has 1 N–H and O–H groups in total. The van der Waals surface area contributed by atoms with Gasteiger partial charge in [0, 0.05) is 18.1 Å². The van der Waals surface area contributed by atoms with Crippen LogP contribution in [0.25, 0.3) is 0 Å². The third kappa shape index (κ3) is 7.88. The maximum Gasteiger partial charge on any atom is 0.408 e. The number of nitrogens with zero attached hydrogens (tertiary/aromatic N) is 1. The molecule has 1 atom stereocenters. The molecule has 0 radical (unpaired) electrons. The van der Waals surface area contributed by atoms with Crippen LogP contribution in [-0.2, 0) is 24.4 Å². The molecule has 3 aromatic rings. The Morgan fingerprint density at radius 1 is 0.892 bits per heavy atom. The molecule has 0 saturated carbocycles. The topological polar surface area (TPSA) is 56.8 Å². The van der Waals surface area contributed by atoms with Gasteiger partial charge in [-0.1, -0.05) is 60.7 Å². The Kier molecular flexibility index (Phi) is 9.11. The SMILES string of the molecule is CC(C)(C)OC(=O)N[C@H]1Cc2cc(OCc3ccccc3)c(OCc3ccccc3)cc2[N+](C)(C)C1.[Cl-]. The fourth-order valence-corrected chi connectivity index (χ4v) is 4.56. The van der Waals surface area contributed by atoms with Crippen molar-refractivity contribution in [1.29, 1.82) is 0 Å². The molecule has 6 nitrogen and oxygen atoms in total. The van der Waals surface area contributed by atoms with Crippen LogP contribution in [0.4, 0.5) is 10.5 Å². The highest BCUT2D eigenvalue weighted by Crippen LogP contribution is 2.41. The molecule has 0 fully saturated rings. The molecule has 1 aliphatic rings. The predicted molar refractivity (Wildman–Crippen MR) is 143 cm³/mol. The minimum Gasteiger partial charge on any atom is -1.00 e. The van der Waals surface area contributed by atoms with E-state index in [1.165, 1.54) is 0 Å². The summed E-state index contributed by atoms with van der Waals surface area (Å²) < 4.78 is 18.7. The van der Waals surface area contributed by atoms with Gasteiger partial charge in [-0.05, 0) is 38.0 Å². The summed E-state index contributed by atoms with van der Waals surface area (Å²) in [5.41, 5.74) is 3.93. The average Bonchev–Trinajstić information content (AvgIpc) is 2.81. The number of hydrogen-bond donors (Lipinski definition) is 1. The van der Waals surface area contributed by atoms with Gasteiger partial charge in [-0.3, -0.25) is 4.48 Å². The Hall–Kier alpha value is -3.22. The Bertz CT molecular complexity index is 1180. The fourth-order valence-electron chi connectivity index (χ4n) is 4.56. The lowest BCUT2D eigenvalue weighted by atomic mass is 9.95. The number of amides is 1. The largest absolute Gasteiger partial charge is 1.00 e. The van der Waals surface area contributed by atoms with Crippen LogP contribution in [-0.4, -0.2) is 38.4 Å². The van der Waals surface area contributed by atoms with Crippen molar-refractivity contribution >= 4 is 11.8 Å². The standard InChI is InChI=1S/C30H36N2O4.ClH/c1-30(2,3)36-29(33)31-25-16-24-17-27(34-20-22-12-8-6-9-13-22)28(18-26(24)32(4,5)19-25)35-21-23-14-10-7-11-15-23;/h6-15,17-18,25H,16,19-21H2,1-5H3;1H/t25-;/m0./s1. The number of rotatable bonds is 7. The first-order valence-corrected chi connectivity index (χ1v) is 12.4. The van der Waals surface area contributed by atoms with Gasteiger partial charge in [0.2, 0.25) is 0 Å². The van der Waals surface area contributed by atoms with Crippen LogP contribution in [0.2, 0.25) is 0 Å². The highest BCUT2D eigenvalue weighted by atomic mass is 35.5. The number of carbonyl (C=O) groups is 1. The summed E-state index contributed by atoms with van der Waals surface area (Å²) in [5.74, 6) is 1.42. The van der Waals surface area contributed by atoms with Crippen LogP contribution in [0.1, 0.15) is 37.5 Å². The van der Waals surface area contributed by atoms with Crippen LogP contribution >= 0.6 is 0 Å². The number of quaternary nitrogens is 1. The van der Waals surface area contributed by atoms with Gasteiger partial charge in [0.15, 0.2) is 11.5 Å². The molecular weight excluding hydrogens is 488 g/mol. The van der Waals surface area contributed by atoms with E-state index in [4.69, 9.17) is 14.2 Å². The zero-order valence-electron chi connectivity index (χ0n) is 22.3. The summed E-state index contributed by atoms with van der Waals surface area (Å²) in [6.07, 6.45) is 0.302. The van der Waals surface area contributed by atoms with Crippen molar-refractivity contribution in [2.45, 2.75) is 52.0 Å². The third-order valence-electron chi connectivity index (χ3n) is 6.14. The second-order valence-electron chi connectivity index (χ2n) is 10.9. The minimum absolute atomic E-state index is 0. The molecule has 37 heavy (non-hydrogen) atoms. The van der Waals surface area contributed by atoms with Crippen LogP contribution < -0.4 is 31.7 Å². The summed E-state index contributed by atoms with van der Waals surface area (Å²) in [6.45, 7) is 7.26. The van der Waals surface area contributed by atoms with Crippen LogP contribution in [0.3, 0.4) is 0 Å². The molecule has 0 unspecified atom stereocenters. The lowest BCUT2D eigenvalue weighted by molar-refractivity contribution is -0.0000330. The van der Waals surface area contributed by atoms with Crippen molar-refractivity contribution in [3.8, 4) is 11.5 Å². The van der Waals surface area contributed by atoms with Crippen molar-refractivity contribution in [2.24, 2.45) is 0 Å². The van der Waals surface area contributed by atoms with E-state index in [0.717, 1.165) is 34.7 Å². The van der Waals surface area contributed by atoms with Gasteiger partial charge in [-0.25, -0.2) is 4.79 Å². The lowest BCUT2D eigenvalue weighted by Gasteiger charge is -2.39. The molecule has 0 saturated heterocycles. The Labute approximate surface area is 226 Å². The van der Waals surface area contributed by atoms with Crippen molar-refractivity contribution in [3.05, 3.63) is 89.5 Å². The molecule has 0 bridgehead atoms. The van der Waals surface area contributed by atoms with Gasteiger partial charge >= 0.3 is 6.09 Å². The highest BCUT2D eigenvalue weighted by Gasteiger charge is 2.36. The second kappa shape index (κ2) is 11.9. The smallest absolute Gasteiger partial charge is 0.408 e. The molecule has 4 rings (SSSR count). The van der Waals surface area contributed by atoms with E-state index in [0.29, 0.717) is 29.9 Å². The van der Waals surface area contributed by atoms with E-state index < -0.39 is 5.60 Å². The zero-order chi connectivity index (χ0) is 25.8. The summed E-state index contributed by atoms with van der Waals surface area (Å²) in [5, 5.41) is 3.06. The van der Waals surface area contributed by atoms with Crippen LogP contribution in [0.5, 0.6) is 11.5 Å². The second-order valence-corrected chi connectivity index (χ2v) is 10.9. The minimum atomic E-state index is -0.537. The number of carbonyl (C=O) groups excluding carboxylic acids is 1. The first-order valence-electron chi connectivity index (χ1n) is 12.4. The fraction of sp³-hybridized carbons (Fsp3) is 0.367. The molecule has 0 aromatic heterocycles. The number of fused-ring (bicyclic) bond motifs is 1. The normalized spacial score (nSPS) is 16.1. The van der Waals surface area contributed by atoms with Crippen molar-refractivity contribution in [2.75, 3.05) is 20.6 Å². The molecular formula is C30H37ClN2O4. The molecule has 198 valence electrons. The monoisotopic (exact) mass is 524 g/mol. The molecule has 1 heterocycles. The van der Waals surface area contributed by atoms with E-state index in [-0.39, 0.29) is 24.5 Å². The summed E-state index contributed by atoms with van der Waals surface area (Å²) >= 11 is 0. The quantitative estimate of drug-likeness (QED) is 0.483. The van der Waals surface area contributed by atoms with E-state index in [1.807, 2.05) is 69.3 Å². The van der Waals surface area contributed by atoms with Gasteiger partial charge in [0.05, 0.1) is 20.1 Å². The first kappa shape index (κ1) is 28.4. The number of benzene rings is 3. The van der Waals surface area contributed by atoms with Crippen LogP contribution in [0.15, 0.2) is 72.8 Å². The number of halogens is 1. The molecule has 1 amide bonds. The summed E-state index contributed by atoms with van der Waals surface area (Å²) in [6, 6.07) is 24.3. The molecule has 0 spiro atoms. The van der Waals surface area contributed by atoms with Gasteiger partial charge in [0.1, 0.15) is 31.0 Å². The van der Waals surface area contributed by atoms with Gasteiger partial charge < -0.3 is 31.9 Å². The number of likely N-dealkylation sites (N-methyl/N-ethyl adjacent to an activating group) is 1. The summed E-state index contributed by atoms with van der Waals surface area (Å²) in [7, 11) is 4.29. The Balaban J connectivity index is 0.00000380. The molecule has 1 aliphatic heterocycles. The molecule has 0 aliphatic carbocycles. The molecule has 3 aromatic carbocycles. The number of ether oxygens (including phenoxy) is 3. The van der Waals surface area contributed by atoms with Crippen molar-refractivity contribution < 1.29 is 31.4 Å². The maximum absolute atomic E-state index is 12.5. The number of alkyl carbamates (subject to hydrolysis) is 1. The maximum atomic E-state index is 12.5. The van der Waals surface area contributed by atoms with Crippen molar-refractivity contribution in [1.82, 2.24) is 9.80 Å². The van der Waals surface area contributed by atoms with E-state index in [1.54, 1.807) is 0 Å². The third-order valence-corrected chi connectivity index (χ3v) is 6.14. The van der Waals surface area contributed by atoms with E-state index in [9.17, 15) is 4.79 Å².